The Balaban J connectivity index is 1.64. The first-order valence-corrected chi connectivity index (χ1v) is 15.2. The van der Waals surface area contributed by atoms with Gasteiger partial charge < -0.3 is 15.0 Å². The molecule has 0 bridgehead atoms. The predicted octanol–water partition coefficient (Wildman–Crippen LogP) is 4.55. The van der Waals surface area contributed by atoms with Crippen LogP contribution in [0.25, 0.3) is 0 Å². The molecule has 1 unspecified atom stereocenters. The Morgan fingerprint density at radius 3 is 2.22 bits per heavy atom. The SMILES string of the molecule is COc1ccc(S(=O)(=O)N(CC(=O)N(CCc2ccccc2)C(C)C(=O)NC2CCCC2)c2ccc(F)cc2)cc1. The smallest absolute Gasteiger partial charge is 0.264 e. The molecule has 0 heterocycles. The van der Waals surface area contributed by atoms with E-state index in [1.54, 1.807) is 6.92 Å². The fourth-order valence-corrected chi connectivity index (χ4v) is 6.39. The van der Waals surface area contributed by atoms with E-state index in [9.17, 15) is 22.4 Å². The molecule has 2 amide bonds. The molecule has 0 radical (unpaired) electrons. The summed E-state index contributed by atoms with van der Waals surface area (Å²) in [7, 11) is -2.77. The van der Waals surface area contributed by atoms with Crippen LogP contribution in [-0.4, -0.2) is 57.4 Å². The second kappa shape index (κ2) is 13.6. The summed E-state index contributed by atoms with van der Waals surface area (Å²) in [6, 6.07) is 19.5. The lowest BCUT2D eigenvalue weighted by Crippen LogP contribution is -2.53. The summed E-state index contributed by atoms with van der Waals surface area (Å²) in [6.07, 6.45) is 4.37. The van der Waals surface area contributed by atoms with Gasteiger partial charge in [0.2, 0.25) is 11.8 Å². The standard InChI is InChI=1S/C31H36FN3O5S/c1-23(31(37)33-26-10-6-7-11-26)34(21-20-24-8-4-3-5-9-24)30(36)22-35(27-14-12-25(32)13-15-27)41(38,39)29-18-16-28(40-2)17-19-29/h3-5,8-9,12-19,23,26H,6-7,10-11,20-22H2,1-2H3,(H,33,37). The first kappa shape index (κ1) is 30.0. The van der Waals surface area contributed by atoms with Gasteiger partial charge in [0.1, 0.15) is 24.2 Å². The van der Waals surface area contributed by atoms with Crippen molar-refractivity contribution in [1.82, 2.24) is 10.2 Å². The minimum Gasteiger partial charge on any atom is -0.497 e. The van der Waals surface area contributed by atoms with Gasteiger partial charge >= 0.3 is 0 Å². The van der Waals surface area contributed by atoms with Crippen molar-refractivity contribution in [2.24, 2.45) is 0 Å². The van der Waals surface area contributed by atoms with Gasteiger partial charge in [0.15, 0.2) is 0 Å². The first-order chi connectivity index (χ1) is 19.7. The molecule has 41 heavy (non-hydrogen) atoms. The maximum atomic E-state index is 13.9. The Morgan fingerprint density at radius 1 is 0.976 bits per heavy atom. The molecule has 0 aliphatic heterocycles. The maximum Gasteiger partial charge on any atom is 0.264 e. The van der Waals surface area contributed by atoms with Gasteiger partial charge in [-0.2, -0.15) is 0 Å². The van der Waals surface area contributed by atoms with Crippen LogP contribution in [0.5, 0.6) is 5.75 Å². The summed E-state index contributed by atoms with van der Waals surface area (Å²) in [6.45, 7) is 1.30. The van der Waals surface area contributed by atoms with Gasteiger partial charge in [0, 0.05) is 12.6 Å². The molecule has 8 nitrogen and oxygen atoms in total. The third-order valence-electron chi connectivity index (χ3n) is 7.39. The molecular formula is C31H36FN3O5S. The van der Waals surface area contributed by atoms with Crippen LogP contribution in [0, 0.1) is 5.82 Å². The Hall–Kier alpha value is -3.92. The van der Waals surface area contributed by atoms with Gasteiger partial charge in [-0.1, -0.05) is 43.2 Å². The molecule has 1 aliphatic carbocycles. The van der Waals surface area contributed by atoms with Crippen LogP contribution in [0.4, 0.5) is 10.1 Å². The monoisotopic (exact) mass is 581 g/mol. The van der Waals surface area contributed by atoms with E-state index >= 15 is 0 Å². The number of rotatable bonds is 12. The average Bonchev–Trinajstić information content (AvgIpc) is 3.50. The normalized spacial score (nSPS) is 14.3. The lowest BCUT2D eigenvalue weighted by Gasteiger charge is -2.32. The number of hydrogen-bond donors (Lipinski definition) is 1. The summed E-state index contributed by atoms with van der Waals surface area (Å²) in [4.78, 5) is 28.5. The van der Waals surface area contributed by atoms with Crippen LogP contribution < -0.4 is 14.4 Å². The van der Waals surface area contributed by atoms with Crippen LogP contribution in [0.3, 0.4) is 0 Å². The Bertz CT molecular complexity index is 1410. The number of amides is 2. The van der Waals surface area contributed by atoms with E-state index in [0.717, 1.165) is 47.7 Å². The van der Waals surface area contributed by atoms with Crippen molar-refractivity contribution < 1.29 is 27.1 Å². The molecule has 1 saturated carbocycles. The number of carbonyl (C=O) groups is 2. The number of sulfonamides is 1. The zero-order chi connectivity index (χ0) is 29.4. The highest BCUT2D eigenvalue weighted by molar-refractivity contribution is 7.92. The Morgan fingerprint density at radius 2 is 1.61 bits per heavy atom. The topological polar surface area (TPSA) is 96.0 Å². The van der Waals surface area contributed by atoms with E-state index in [1.807, 2.05) is 30.3 Å². The van der Waals surface area contributed by atoms with Crippen molar-refractivity contribution in [3.63, 3.8) is 0 Å². The highest BCUT2D eigenvalue weighted by atomic mass is 32.2. The number of halogens is 1. The molecule has 4 rings (SSSR count). The van der Waals surface area contributed by atoms with Crippen molar-refractivity contribution in [3.8, 4) is 5.75 Å². The number of methoxy groups -OCH3 is 1. The zero-order valence-electron chi connectivity index (χ0n) is 23.3. The van der Waals surface area contributed by atoms with Crippen LogP contribution in [0.1, 0.15) is 38.2 Å². The molecule has 10 heteroatoms. The number of ether oxygens (including phenoxy) is 1. The molecule has 1 N–H and O–H groups in total. The van der Waals surface area contributed by atoms with Gasteiger partial charge in [-0.05, 0) is 80.3 Å². The molecule has 1 aliphatic rings. The van der Waals surface area contributed by atoms with E-state index in [4.69, 9.17) is 4.74 Å². The highest BCUT2D eigenvalue weighted by Gasteiger charge is 2.33. The molecule has 3 aromatic rings. The fourth-order valence-electron chi connectivity index (χ4n) is 4.97. The lowest BCUT2D eigenvalue weighted by molar-refractivity contribution is -0.139. The van der Waals surface area contributed by atoms with E-state index in [2.05, 4.69) is 5.32 Å². The number of benzene rings is 3. The van der Waals surface area contributed by atoms with Crippen LogP contribution in [-0.2, 0) is 26.0 Å². The Kier molecular flexibility index (Phi) is 9.99. The van der Waals surface area contributed by atoms with E-state index in [-0.39, 0.29) is 29.1 Å². The zero-order valence-corrected chi connectivity index (χ0v) is 24.1. The van der Waals surface area contributed by atoms with Gasteiger partial charge in [-0.15, -0.1) is 0 Å². The molecule has 0 spiro atoms. The second-order valence-electron chi connectivity index (χ2n) is 10.2. The maximum absolute atomic E-state index is 13.9. The minimum absolute atomic E-state index is 0.0571. The number of nitrogens with zero attached hydrogens (tertiary/aromatic N) is 2. The van der Waals surface area contributed by atoms with Crippen molar-refractivity contribution >= 4 is 27.5 Å². The van der Waals surface area contributed by atoms with E-state index in [0.29, 0.717) is 12.2 Å². The van der Waals surface area contributed by atoms with Crippen molar-refractivity contribution in [2.75, 3.05) is 24.5 Å². The van der Waals surface area contributed by atoms with Gasteiger partial charge in [-0.3, -0.25) is 13.9 Å². The number of anilines is 1. The number of carbonyl (C=O) groups excluding carboxylic acids is 2. The molecule has 0 aromatic heterocycles. The third kappa shape index (κ3) is 7.64. The molecular weight excluding hydrogens is 545 g/mol. The van der Waals surface area contributed by atoms with E-state index in [1.165, 1.54) is 48.4 Å². The van der Waals surface area contributed by atoms with Crippen molar-refractivity contribution in [2.45, 2.75) is 56.0 Å². The summed E-state index contributed by atoms with van der Waals surface area (Å²) in [5, 5.41) is 3.05. The van der Waals surface area contributed by atoms with Crippen LogP contribution in [0.15, 0.2) is 83.8 Å². The van der Waals surface area contributed by atoms with Crippen LogP contribution >= 0.6 is 0 Å². The quantitative estimate of drug-likeness (QED) is 0.339. The fraction of sp³-hybridized carbons (Fsp3) is 0.355. The summed E-state index contributed by atoms with van der Waals surface area (Å²) >= 11 is 0. The number of hydrogen-bond acceptors (Lipinski definition) is 5. The average molecular weight is 582 g/mol. The van der Waals surface area contributed by atoms with Gasteiger partial charge in [-0.25, -0.2) is 12.8 Å². The largest absolute Gasteiger partial charge is 0.497 e. The highest BCUT2D eigenvalue weighted by Crippen LogP contribution is 2.26. The summed E-state index contributed by atoms with van der Waals surface area (Å²) in [5.74, 6) is -0.882. The molecule has 3 aromatic carbocycles. The Labute approximate surface area is 241 Å². The summed E-state index contributed by atoms with van der Waals surface area (Å²) in [5.41, 5.74) is 1.11. The first-order valence-electron chi connectivity index (χ1n) is 13.7. The van der Waals surface area contributed by atoms with Crippen molar-refractivity contribution in [3.05, 3.63) is 90.2 Å². The van der Waals surface area contributed by atoms with E-state index < -0.39 is 34.3 Å². The molecule has 1 fully saturated rings. The molecule has 0 saturated heterocycles. The number of nitrogens with one attached hydrogen (secondary N) is 1. The molecule has 1 atom stereocenters. The summed E-state index contributed by atoms with van der Waals surface area (Å²) < 4.78 is 47.5. The van der Waals surface area contributed by atoms with Gasteiger partial charge in [0.25, 0.3) is 10.0 Å². The molecule has 218 valence electrons. The van der Waals surface area contributed by atoms with Crippen LogP contribution in [0.2, 0.25) is 0 Å². The van der Waals surface area contributed by atoms with Crippen molar-refractivity contribution in [1.29, 1.82) is 0 Å². The third-order valence-corrected chi connectivity index (χ3v) is 9.18. The second-order valence-corrected chi connectivity index (χ2v) is 12.0. The predicted molar refractivity (Wildman–Crippen MR) is 156 cm³/mol. The lowest BCUT2D eigenvalue weighted by atomic mass is 10.1. The minimum atomic E-state index is -4.24. The van der Waals surface area contributed by atoms with Gasteiger partial charge in [0.05, 0.1) is 17.7 Å².